The first-order chi connectivity index (χ1) is 17.0. The topological polar surface area (TPSA) is 0 Å². The Morgan fingerprint density at radius 3 is 1.71 bits per heavy atom. The van der Waals surface area contributed by atoms with Crippen LogP contribution in [0.5, 0.6) is 0 Å². The smallest absolute Gasteiger partial charge is 0.0181 e. The van der Waals surface area contributed by atoms with Crippen molar-refractivity contribution in [2.45, 2.75) is 59.8 Å². The highest BCUT2D eigenvalue weighted by Crippen LogP contribution is 2.38. The van der Waals surface area contributed by atoms with Crippen molar-refractivity contribution in [2.24, 2.45) is 0 Å². The second-order valence-corrected chi connectivity index (χ2v) is 9.73. The van der Waals surface area contributed by atoms with Crippen molar-refractivity contribution in [3.05, 3.63) is 119 Å². The van der Waals surface area contributed by atoms with Crippen molar-refractivity contribution in [3.63, 3.8) is 0 Å². The number of rotatable bonds is 8. The molecule has 0 spiro atoms. The molecule has 0 bridgehead atoms. The van der Waals surface area contributed by atoms with E-state index < -0.39 is 0 Å². The molecule has 0 aliphatic heterocycles. The van der Waals surface area contributed by atoms with Gasteiger partial charge < -0.3 is 0 Å². The van der Waals surface area contributed by atoms with Gasteiger partial charge in [0.1, 0.15) is 0 Å². The molecule has 0 aromatic heterocycles. The first-order valence-electron chi connectivity index (χ1n) is 13.1. The molecule has 4 rings (SSSR count). The van der Waals surface area contributed by atoms with Crippen molar-refractivity contribution in [1.82, 2.24) is 0 Å². The average molecular weight is 459 g/mol. The van der Waals surface area contributed by atoms with E-state index in [9.17, 15) is 0 Å². The molecular formula is C35H38. The van der Waals surface area contributed by atoms with Gasteiger partial charge in [-0.15, -0.1) is 0 Å². The molecule has 0 saturated heterocycles. The Balaban J connectivity index is 1.83. The number of hydrogen-bond acceptors (Lipinski definition) is 0. The summed E-state index contributed by atoms with van der Waals surface area (Å²) in [5.41, 5.74) is 13.6. The minimum atomic E-state index is 0.509. The van der Waals surface area contributed by atoms with Gasteiger partial charge in [0, 0.05) is 0 Å². The molecule has 0 aliphatic carbocycles. The number of hydrogen-bond donors (Lipinski definition) is 0. The van der Waals surface area contributed by atoms with Crippen LogP contribution in [0, 0.1) is 6.92 Å². The Bertz CT molecular complexity index is 1290. The third-order valence-corrected chi connectivity index (χ3v) is 7.32. The Morgan fingerprint density at radius 1 is 0.657 bits per heavy atom. The molecule has 0 aliphatic rings. The van der Waals surface area contributed by atoms with Crippen LogP contribution in [-0.2, 0) is 0 Å². The lowest BCUT2D eigenvalue weighted by atomic mass is 9.83. The zero-order chi connectivity index (χ0) is 24.8. The maximum atomic E-state index is 2.44. The van der Waals surface area contributed by atoms with Crippen molar-refractivity contribution < 1.29 is 0 Å². The lowest BCUT2D eigenvalue weighted by molar-refractivity contribution is 0.731. The summed E-state index contributed by atoms with van der Waals surface area (Å²) in [7, 11) is 0. The normalized spacial score (nSPS) is 12.8. The molecule has 178 valence electrons. The molecule has 0 nitrogen and oxygen atoms in total. The fourth-order valence-electron chi connectivity index (χ4n) is 5.11. The zero-order valence-corrected chi connectivity index (χ0v) is 21.9. The van der Waals surface area contributed by atoms with Crippen LogP contribution < -0.4 is 0 Å². The molecule has 0 fully saturated rings. The van der Waals surface area contributed by atoms with E-state index >= 15 is 0 Å². The number of benzene rings is 4. The first-order valence-corrected chi connectivity index (χ1v) is 13.1. The largest absolute Gasteiger partial charge is 0.0651 e. The summed E-state index contributed by atoms with van der Waals surface area (Å²) in [6.07, 6.45) is 3.35. The van der Waals surface area contributed by atoms with Gasteiger partial charge in [0.15, 0.2) is 0 Å². The molecule has 0 amide bonds. The van der Waals surface area contributed by atoms with E-state index in [2.05, 4.69) is 132 Å². The van der Waals surface area contributed by atoms with Crippen LogP contribution >= 0.6 is 0 Å². The van der Waals surface area contributed by atoms with E-state index in [1.807, 2.05) is 0 Å². The number of allylic oxidation sites excluding steroid dienone is 2. The van der Waals surface area contributed by atoms with Gasteiger partial charge in [0.25, 0.3) is 0 Å². The lowest BCUT2D eigenvalue weighted by Crippen LogP contribution is -2.01. The molecule has 0 radical (unpaired) electrons. The molecule has 0 heteroatoms. The fourth-order valence-corrected chi connectivity index (χ4v) is 5.11. The van der Waals surface area contributed by atoms with E-state index in [4.69, 9.17) is 0 Å². The van der Waals surface area contributed by atoms with E-state index in [0.717, 1.165) is 19.3 Å². The summed E-state index contributed by atoms with van der Waals surface area (Å²) >= 11 is 0. The molecule has 35 heavy (non-hydrogen) atoms. The molecule has 0 saturated carbocycles. The SMILES string of the molecule is CCC/C(=C(/C)c1ccc(-c2ccccc2)cc1C)c1ccc(-c2ccccc2)cc1C(C)CC. The average Bonchev–Trinajstić information content (AvgIpc) is 2.91. The summed E-state index contributed by atoms with van der Waals surface area (Å²) in [5, 5.41) is 0. The highest BCUT2D eigenvalue weighted by atomic mass is 14.2. The molecule has 1 unspecified atom stereocenters. The maximum absolute atomic E-state index is 2.44. The van der Waals surface area contributed by atoms with Gasteiger partial charge in [-0.2, -0.15) is 0 Å². The van der Waals surface area contributed by atoms with Crippen LogP contribution in [0.3, 0.4) is 0 Å². The van der Waals surface area contributed by atoms with Gasteiger partial charge in [-0.25, -0.2) is 0 Å². The monoisotopic (exact) mass is 458 g/mol. The van der Waals surface area contributed by atoms with Crippen LogP contribution in [0.2, 0.25) is 0 Å². The van der Waals surface area contributed by atoms with Crippen LogP contribution in [0.25, 0.3) is 33.4 Å². The Kier molecular flexibility index (Phi) is 8.03. The van der Waals surface area contributed by atoms with Gasteiger partial charge in [-0.05, 0) is 88.3 Å². The summed E-state index contributed by atoms with van der Waals surface area (Å²) in [6, 6.07) is 35.5. The first kappa shape index (κ1) is 24.7. The highest BCUT2D eigenvalue weighted by Gasteiger charge is 2.17. The van der Waals surface area contributed by atoms with Gasteiger partial charge in [0.2, 0.25) is 0 Å². The Morgan fingerprint density at radius 2 is 1.20 bits per heavy atom. The minimum Gasteiger partial charge on any atom is -0.0651 e. The highest BCUT2D eigenvalue weighted by molar-refractivity contribution is 5.92. The fraction of sp³-hybridized carbons (Fsp3) is 0.257. The van der Waals surface area contributed by atoms with Crippen LogP contribution in [-0.4, -0.2) is 0 Å². The summed E-state index contributed by atoms with van der Waals surface area (Å²) in [5.74, 6) is 0.509. The van der Waals surface area contributed by atoms with Crippen molar-refractivity contribution >= 4 is 11.1 Å². The maximum Gasteiger partial charge on any atom is -0.0181 e. The zero-order valence-electron chi connectivity index (χ0n) is 21.9. The van der Waals surface area contributed by atoms with Gasteiger partial charge in [-0.3, -0.25) is 0 Å². The molecule has 1 atom stereocenters. The molecule has 0 heterocycles. The van der Waals surface area contributed by atoms with Gasteiger partial charge in [0.05, 0.1) is 0 Å². The Labute approximate surface area is 212 Å². The molecule has 0 N–H and O–H groups in total. The quantitative estimate of drug-likeness (QED) is 0.230. The Hall–Kier alpha value is -3.38. The minimum absolute atomic E-state index is 0.509. The van der Waals surface area contributed by atoms with Gasteiger partial charge in [-0.1, -0.05) is 124 Å². The predicted octanol–water partition coefficient (Wildman–Crippen LogP) is 10.6. The summed E-state index contributed by atoms with van der Waals surface area (Å²) in [6.45, 7) is 11.5. The van der Waals surface area contributed by atoms with Crippen molar-refractivity contribution in [2.75, 3.05) is 0 Å². The summed E-state index contributed by atoms with van der Waals surface area (Å²) in [4.78, 5) is 0. The standard InChI is InChI=1S/C35H38/c1-6-14-33(27(5)32-21-19-30(23-26(32)4)28-15-10-8-11-16-28)34-22-20-31(24-35(34)25(3)7-2)29-17-12-9-13-18-29/h8-13,15-25H,6-7,14H2,1-5H3/b33-27+. The second kappa shape index (κ2) is 11.4. The summed E-state index contributed by atoms with van der Waals surface area (Å²) < 4.78 is 0. The van der Waals surface area contributed by atoms with Crippen molar-refractivity contribution in [3.8, 4) is 22.3 Å². The van der Waals surface area contributed by atoms with Crippen LogP contribution in [0.1, 0.15) is 75.1 Å². The number of aryl methyl sites for hydroxylation is 1. The van der Waals surface area contributed by atoms with Crippen molar-refractivity contribution in [1.29, 1.82) is 0 Å². The molecule has 4 aromatic carbocycles. The van der Waals surface area contributed by atoms with E-state index in [-0.39, 0.29) is 0 Å². The third-order valence-electron chi connectivity index (χ3n) is 7.32. The van der Waals surface area contributed by atoms with E-state index in [0.29, 0.717) is 5.92 Å². The van der Waals surface area contributed by atoms with E-state index in [1.165, 1.54) is 55.7 Å². The molecule has 4 aromatic rings. The predicted molar refractivity (Wildman–Crippen MR) is 155 cm³/mol. The van der Waals surface area contributed by atoms with Crippen LogP contribution in [0.4, 0.5) is 0 Å². The second-order valence-electron chi connectivity index (χ2n) is 9.73. The van der Waals surface area contributed by atoms with E-state index in [1.54, 1.807) is 0 Å². The molecular weight excluding hydrogens is 420 g/mol. The van der Waals surface area contributed by atoms with Gasteiger partial charge >= 0.3 is 0 Å². The lowest BCUT2D eigenvalue weighted by Gasteiger charge is -2.22. The third kappa shape index (κ3) is 5.49. The van der Waals surface area contributed by atoms with Crippen LogP contribution in [0.15, 0.2) is 97.1 Å².